The van der Waals surface area contributed by atoms with E-state index in [4.69, 9.17) is 4.74 Å². The molecule has 0 spiro atoms. The van der Waals surface area contributed by atoms with Crippen molar-refractivity contribution in [2.24, 2.45) is 13.0 Å². The molecule has 5 nitrogen and oxygen atoms in total. The number of hydrogen-bond acceptors (Lipinski definition) is 3. The SMILES string of the molecule is Cc1ccc2c(c1)c(-c1cccc(C(=O)NCC[C@H]3CCOC3)c1)nn2C. The van der Waals surface area contributed by atoms with Crippen molar-refractivity contribution in [1.82, 2.24) is 15.1 Å². The molecule has 1 aromatic heterocycles. The highest BCUT2D eigenvalue weighted by molar-refractivity contribution is 5.98. The molecule has 0 unspecified atom stereocenters. The summed E-state index contributed by atoms with van der Waals surface area (Å²) in [7, 11) is 1.95. The topological polar surface area (TPSA) is 56.1 Å². The maximum Gasteiger partial charge on any atom is 0.251 e. The van der Waals surface area contributed by atoms with Crippen LogP contribution in [0.5, 0.6) is 0 Å². The van der Waals surface area contributed by atoms with E-state index in [1.165, 1.54) is 5.56 Å². The van der Waals surface area contributed by atoms with Gasteiger partial charge in [-0.3, -0.25) is 9.48 Å². The van der Waals surface area contributed by atoms with E-state index in [-0.39, 0.29) is 5.91 Å². The van der Waals surface area contributed by atoms with Crippen molar-refractivity contribution in [2.75, 3.05) is 19.8 Å². The van der Waals surface area contributed by atoms with E-state index in [0.29, 0.717) is 18.0 Å². The number of amides is 1. The van der Waals surface area contributed by atoms with Gasteiger partial charge in [0.25, 0.3) is 5.91 Å². The first-order chi connectivity index (χ1) is 13.1. The molecule has 1 N–H and O–H groups in total. The molecule has 0 saturated carbocycles. The Labute approximate surface area is 159 Å². The number of aryl methyl sites for hydroxylation is 2. The van der Waals surface area contributed by atoms with Crippen LogP contribution < -0.4 is 5.32 Å². The van der Waals surface area contributed by atoms with E-state index in [1.807, 2.05) is 36.0 Å². The van der Waals surface area contributed by atoms with Crippen LogP contribution in [0.15, 0.2) is 42.5 Å². The van der Waals surface area contributed by atoms with Gasteiger partial charge < -0.3 is 10.1 Å². The highest BCUT2D eigenvalue weighted by Gasteiger charge is 2.16. The van der Waals surface area contributed by atoms with Gasteiger partial charge in [-0.25, -0.2) is 0 Å². The summed E-state index contributed by atoms with van der Waals surface area (Å²) in [6, 6.07) is 14.0. The molecule has 1 aliphatic rings. The van der Waals surface area contributed by atoms with Gasteiger partial charge in [-0.1, -0.05) is 23.8 Å². The zero-order valence-electron chi connectivity index (χ0n) is 15.9. The number of ether oxygens (including phenoxy) is 1. The van der Waals surface area contributed by atoms with E-state index in [9.17, 15) is 4.79 Å². The molecule has 2 heterocycles. The Morgan fingerprint density at radius 3 is 3.00 bits per heavy atom. The Morgan fingerprint density at radius 1 is 1.30 bits per heavy atom. The summed E-state index contributed by atoms with van der Waals surface area (Å²) in [6.07, 6.45) is 2.06. The lowest BCUT2D eigenvalue weighted by molar-refractivity contribution is 0.0950. The average molecular weight is 363 g/mol. The molecular formula is C22H25N3O2. The molecule has 140 valence electrons. The maximum atomic E-state index is 12.6. The third kappa shape index (κ3) is 3.74. The highest BCUT2D eigenvalue weighted by Crippen LogP contribution is 2.29. The van der Waals surface area contributed by atoms with E-state index in [0.717, 1.165) is 48.2 Å². The van der Waals surface area contributed by atoms with Crippen LogP contribution in [0.3, 0.4) is 0 Å². The van der Waals surface area contributed by atoms with Gasteiger partial charge in [-0.15, -0.1) is 0 Å². The molecule has 4 rings (SSSR count). The molecule has 0 bridgehead atoms. The van der Waals surface area contributed by atoms with Gasteiger partial charge >= 0.3 is 0 Å². The molecule has 1 saturated heterocycles. The van der Waals surface area contributed by atoms with Crippen molar-refractivity contribution in [3.8, 4) is 11.3 Å². The Morgan fingerprint density at radius 2 is 2.19 bits per heavy atom. The fourth-order valence-corrected chi connectivity index (χ4v) is 3.70. The minimum atomic E-state index is -0.0350. The minimum absolute atomic E-state index is 0.0350. The molecular weight excluding hydrogens is 338 g/mol. The van der Waals surface area contributed by atoms with Crippen LogP contribution in [0.25, 0.3) is 22.2 Å². The number of aromatic nitrogens is 2. The largest absolute Gasteiger partial charge is 0.381 e. The molecule has 1 atom stereocenters. The molecule has 1 fully saturated rings. The first-order valence-corrected chi connectivity index (χ1v) is 9.51. The number of benzene rings is 2. The number of nitrogens with zero attached hydrogens (tertiary/aromatic N) is 2. The predicted octanol–water partition coefficient (Wildman–Crippen LogP) is 3.71. The summed E-state index contributed by atoms with van der Waals surface area (Å²) in [4.78, 5) is 12.6. The van der Waals surface area contributed by atoms with Crippen LogP contribution in [-0.2, 0) is 11.8 Å². The van der Waals surface area contributed by atoms with Crippen molar-refractivity contribution in [3.63, 3.8) is 0 Å². The maximum absolute atomic E-state index is 12.6. The Balaban J connectivity index is 1.54. The second kappa shape index (κ2) is 7.53. The molecule has 27 heavy (non-hydrogen) atoms. The lowest BCUT2D eigenvalue weighted by Crippen LogP contribution is -2.26. The van der Waals surface area contributed by atoms with E-state index < -0.39 is 0 Å². The van der Waals surface area contributed by atoms with Gasteiger partial charge in [0.15, 0.2) is 0 Å². The summed E-state index contributed by atoms with van der Waals surface area (Å²) >= 11 is 0. The molecule has 0 radical (unpaired) electrons. The Hall–Kier alpha value is -2.66. The number of rotatable bonds is 5. The third-order valence-electron chi connectivity index (χ3n) is 5.27. The molecule has 0 aliphatic carbocycles. The summed E-state index contributed by atoms with van der Waals surface area (Å²) in [5, 5.41) is 8.83. The second-order valence-corrected chi connectivity index (χ2v) is 7.35. The van der Waals surface area contributed by atoms with E-state index in [1.54, 1.807) is 0 Å². The smallest absolute Gasteiger partial charge is 0.251 e. The minimum Gasteiger partial charge on any atom is -0.381 e. The Kier molecular flexibility index (Phi) is 4.94. The highest BCUT2D eigenvalue weighted by atomic mass is 16.5. The fourth-order valence-electron chi connectivity index (χ4n) is 3.70. The summed E-state index contributed by atoms with van der Waals surface area (Å²) in [5.41, 5.74) is 4.82. The first kappa shape index (κ1) is 17.7. The Bertz CT molecular complexity index is 971. The van der Waals surface area contributed by atoms with Crippen LogP contribution in [0.4, 0.5) is 0 Å². The fraction of sp³-hybridized carbons (Fsp3) is 0.364. The van der Waals surface area contributed by atoms with Crippen LogP contribution >= 0.6 is 0 Å². The number of nitrogens with one attached hydrogen (secondary N) is 1. The molecule has 1 aliphatic heterocycles. The van der Waals surface area contributed by atoms with Gasteiger partial charge in [-0.2, -0.15) is 5.10 Å². The van der Waals surface area contributed by atoms with Gasteiger partial charge in [0.1, 0.15) is 5.69 Å². The molecule has 3 aromatic rings. The predicted molar refractivity (Wildman–Crippen MR) is 107 cm³/mol. The van der Waals surface area contributed by atoms with Gasteiger partial charge in [0.2, 0.25) is 0 Å². The summed E-state index contributed by atoms with van der Waals surface area (Å²) in [5.74, 6) is 0.534. The van der Waals surface area contributed by atoms with Gasteiger partial charge in [0, 0.05) is 43.3 Å². The van der Waals surface area contributed by atoms with Crippen LogP contribution in [0, 0.1) is 12.8 Å². The van der Waals surface area contributed by atoms with Gasteiger partial charge in [0.05, 0.1) is 5.52 Å². The van der Waals surface area contributed by atoms with E-state index in [2.05, 4.69) is 35.5 Å². The molecule has 5 heteroatoms. The van der Waals surface area contributed by atoms with E-state index >= 15 is 0 Å². The second-order valence-electron chi connectivity index (χ2n) is 7.35. The number of hydrogen-bond donors (Lipinski definition) is 1. The number of fused-ring (bicyclic) bond motifs is 1. The van der Waals surface area contributed by atoms with Crippen LogP contribution in [0.2, 0.25) is 0 Å². The standard InChI is InChI=1S/C22H25N3O2/c1-15-6-7-20-19(12-15)21(24-25(20)2)17-4-3-5-18(13-17)22(26)23-10-8-16-9-11-27-14-16/h3-7,12-13,16H,8-11,14H2,1-2H3,(H,23,26)/t16-/m0/s1. The quantitative estimate of drug-likeness (QED) is 0.752. The lowest BCUT2D eigenvalue weighted by atomic mass is 10.0. The normalized spacial score (nSPS) is 16.7. The van der Waals surface area contributed by atoms with Crippen molar-refractivity contribution in [1.29, 1.82) is 0 Å². The summed E-state index contributed by atoms with van der Waals surface area (Å²) in [6.45, 7) is 4.42. The zero-order valence-corrected chi connectivity index (χ0v) is 15.9. The zero-order chi connectivity index (χ0) is 18.8. The van der Waals surface area contributed by atoms with Gasteiger partial charge in [-0.05, 0) is 49.9 Å². The number of carbonyl (C=O) groups is 1. The van der Waals surface area contributed by atoms with Crippen molar-refractivity contribution in [3.05, 3.63) is 53.6 Å². The molecule has 2 aromatic carbocycles. The lowest BCUT2D eigenvalue weighted by Gasteiger charge is -2.09. The molecule has 1 amide bonds. The van der Waals surface area contributed by atoms with Crippen molar-refractivity contribution in [2.45, 2.75) is 19.8 Å². The van der Waals surface area contributed by atoms with Crippen LogP contribution in [-0.4, -0.2) is 35.4 Å². The van der Waals surface area contributed by atoms with Crippen molar-refractivity contribution < 1.29 is 9.53 Å². The summed E-state index contributed by atoms with van der Waals surface area (Å²) < 4.78 is 7.28. The van der Waals surface area contributed by atoms with Crippen LogP contribution in [0.1, 0.15) is 28.8 Å². The number of carbonyl (C=O) groups excluding carboxylic acids is 1. The average Bonchev–Trinajstić information content (AvgIpc) is 3.30. The van der Waals surface area contributed by atoms with Crippen molar-refractivity contribution >= 4 is 16.8 Å². The first-order valence-electron chi connectivity index (χ1n) is 9.51. The third-order valence-corrected chi connectivity index (χ3v) is 5.27. The monoisotopic (exact) mass is 363 g/mol.